The maximum absolute atomic E-state index is 11.9. The first-order chi connectivity index (χ1) is 9.28. The van der Waals surface area contributed by atoms with E-state index in [1.165, 1.54) is 7.11 Å². The summed E-state index contributed by atoms with van der Waals surface area (Å²) in [4.78, 5) is 11.9. The van der Waals surface area contributed by atoms with Crippen molar-refractivity contribution >= 4 is 19.7 Å². The zero-order valence-electron chi connectivity index (χ0n) is 12.7. The SMILES string of the molecule is CCOC(=O)c1cc(C#C[Si](C)(C)C)c(N)cc1OC. The average Bonchev–Trinajstić information content (AvgIpc) is 2.36. The van der Waals surface area contributed by atoms with Crippen molar-refractivity contribution in [3.8, 4) is 17.2 Å². The summed E-state index contributed by atoms with van der Waals surface area (Å²) in [6.45, 7) is 8.50. The molecule has 4 nitrogen and oxygen atoms in total. The maximum Gasteiger partial charge on any atom is 0.341 e. The van der Waals surface area contributed by atoms with E-state index in [1.54, 1.807) is 19.1 Å². The van der Waals surface area contributed by atoms with Crippen molar-refractivity contribution < 1.29 is 14.3 Å². The Labute approximate surface area is 121 Å². The van der Waals surface area contributed by atoms with Crippen molar-refractivity contribution in [3.63, 3.8) is 0 Å². The van der Waals surface area contributed by atoms with Crippen molar-refractivity contribution in [2.24, 2.45) is 0 Å². The summed E-state index contributed by atoms with van der Waals surface area (Å²) in [5, 5.41) is 0. The standard InChI is InChI=1S/C15H21NO3Si/c1-6-19-15(17)12-9-11(7-8-20(3,4)5)13(16)10-14(12)18-2/h9-10H,6,16H2,1-5H3. The lowest BCUT2D eigenvalue weighted by atomic mass is 10.1. The molecule has 0 aliphatic rings. The molecule has 0 amide bonds. The first-order valence-corrected chi connectivity index (χ1v) is 9.96. The summed E-state index contributed by atoms with van der Waals surface area (Å²) in [6.07, 6.45) is 0. The molecule has 0 heterocycles. The molecule has 0 bridgehead atoms. The van der Waals surface area contributed by atoms with E-state index in [1.807, 2.05) is 0 Å². The maximum atomic E-state index is 11.9. The van der Waals surface area contributed by atoms with E-state index in [-0.39, 0.29) is 0 Å². The summed E-state index contributed by atoms with van der Waals surface area (Å²) < 4.78 is 10.2. The molecule has 1 aromatic rings. The molecule has 0 spiro atoms. The largest absolute Gasteiger partial charge is 0.496 e. The van der Waals surface area contributed by atoms with E-state index < -0.39 is 14.0 Å². The number of esters is 1. The van der Waals surface area contributed by atoms with E-state index in [0.29, 0.717) is 29.2 Å². The molecule has 0 aliphatic heterocycles. The number of rotatable bonds is 3. The molecule has 0 unspecified atom stereocenters. The van der Waals surface area contributed by atoms with Gasteiger partial charge in [0.2, 0.25) is 0 Å². The lowest BCUT2D eigenvalue weighted by Crippen LogP contribution is -2.16. The Bertz CT molecular complexity index is 565. The van der Waals surface area contributed by atoms with Crippen molar-refractivity contribution in [3.05, 3.63) is 23.3 Å². The quantitative estimate of drug-likeness (QED) is 0.402. The highest BCUT2D eigenvalue weighted by Crippen LogP contribution is 2.26. The van der Waals surface area contributed by atoms with Crippen molar-refractivity contribution in [2.45, 2.75) is 26.6 Å². The topological polar surface area (TPSA) is 61.5 Å². The van der Waals surface area contributed by atoms with E-state index >= 15 is 0 Å². The third-order valence-electron chi connectivity index (χ3n) is 2.44. The molecule has 0 fully saturated rings. The van der Waals surface area contributed by atoms with Gasteiger partial charge in [-0.25, -0.2) is 4.79 Å². The van der Waals surface area contributed by atoms with Crippen molar-refractivity contribution in [1.29, 1.82) is 0 Å². The molecule has 0 atom stereocenters. The van der Waals surface area contributed by atoms with Crippen LogP contribution in [0.25, 0.3) is 0 Å². The number of carbonyl (C=O) groups is 1. The van der Waals surface area contributed by atoms with Gasteiger partial charge in [0.25, 0.3) is 0 Å². The Hall–Kier alpha value is -1.93. The molecular formula is C15H21NO3Si. The van der Waals surface area contributed by atoms with Crippen molar-refractivity contribution in [1.82, 2.24) is 0 Å². The molecular weight excluding hydrogens is 270 g/mol. The van der Waals surface area contributed by atoms with Crippen LogP contribution in [0.1, 0.15) is 22.8 Å². The molecule has 0 radical (unpaired) electrons. The summed E-state index contributed by atoms with van der Waals surface area (Å²) in [7, 11) is -0.0177. The van der Waals surface area contributed by atoms with Gasteiger partial charge >= 0.3 is 5.97 Å². The zero-order valence-corrected chi connectivity index (χ0v) is 13.7. The molecule has 20 heavy (non-hydrogen) atoms. The van der Waals surface area contributed by atoms with Crippen LogP contribution in [0.15, 0.2) is 12.1 Å². The molecule has 0 saturated carbocycles. The van der Waals surface area contributed by atoms with Crippen molar-refractivity contribution in [2.75, 3.05) is 19.5 Å². The Balaban J connectivity index is 3.30. The number of methoxy groups -OCH3 is 1. The van der Waals surface area contributed by atoms with Gasteiger partial charge in [-0.15, -0.1) is 5.54 Å². The molecule has 2 N–H and O–H groups in total. The van der Waals surface area contributed by atoms with Gasteiger partial charge in [0.05, 0.1) is 19.4 Å². The molecule has 108 valence electrons. The average molecular weight is 291 g/mol. The Kier molecular flexibility index (Phi) is 5.23. The highest BCUT2D eigenvalue weighted by Gasteiger charge is 2.16. The van der Waals surface area contributed by atoms with Gasteiger partial charge in [-0.1, -0.05) is 25.6 Å². The van der Waals surface area contributed by atoms with Crippen LogP contribution in [0, 0.1) is 11.5 Å². The number of nitrogen functional groups attached to an aromatic ring is 1. The molecule has 0 saturated heterocycles. The van der Waals surface area contributed by atoms with Gasteiger partial charge in [-0.2, -0.15) is 0 Å². The van der Waals surface area contributed by atoms with Crippen LogP contribution in [-0.4, -0.2) is 27.8 Å². The smallest absolute Gasteiger partial charge is 0.341 e. The van der Waals surface area contributed by atoms with E-state index in [0.717, 1.165) is 0 Å². The second-order valence-electron chi connectivity index (χ2n) is 5.36. The minimum Gasteiger partial charge on any atom is -0.496 e. The predicted molar refractivity (Wildman–Crippen MR) is 83.6 cm³/mol. The van der Waals surface area contributed by atoms with E-state index in [9.17, 15) is 4.79 Å². The first-order valence-electron chi connectivity index (χ1n) is 6.46. The highest BCUT2D eigenvalue weighted by atomic mass is 28.3. The molecule has 1 aromatic carbocycles. The fraction of sp³-hybridized carbons (Fsp3) is 0.400. The fourth-order valence-corrected chi connectivity index (χ4v) is 2.01. The number of carbonyl (C=O) groups excluding carboxylic acids is 1. The number of benzene rings is 1. The molecule has 5 heteroatoms. The molecule has 0 aliphatic carbocycles. The summed E-state index contributed by atoms with van der Waals surface area (Å²) in [5.74, 6) is 3.04. The second kappa shape index (κ2) is 6.48. The van der Waals surface area contributed by atoms with E-state index in [4.69, 9.17) is 15.2 Å². The van der Waals surface area contributed by atoms with Gasteiger partial charge in [0, 0.05) is 11.6 Å². The van der Waals surface area contributed by atoms with Gasteiger partial charge < -0.3 is 15.2 Å². The molecule has 1 rings (SSSR count). The second-order valence-corrected chi connectivity index (χ2v) is 10.1. The lowest BCUT2D eigenvalue weighted by Gasteiger charge is -2.10. The summed E-state index contributed by atoms with van der Waals surface area (Å²) >= 11 is 0. The Morgan fingerprint density at radius 3 is 2.50 bits per heavy atom. The number of hydrogen-bond acceptors (Lipinski definition) is 4. The van der Waals surface area contributed by atoms with Crippen LogP contribution in [0.4, 0.5) is 5.69 Å². The Morgan fingerprint density at radius 2 is 2.00 bits per heavy atom. The third kappa shape index (κ3) is 4.32. The van der Waals surface area contributed by atoms with Crippen LogP contribution < -0.4 is 10.5 Å². The van der Waals surface area contributed by atoms with E-state index in [2.05, 4.69) is 31.1 Å². The number of nitrogens with two attached hydrogens (primary N) is 1. The van der Waals surface area contributed by atoms with Gasteiger partial charge in [-0.3, -0.25) is 0 Å². The normalized spacial score (nSPS) is 10.4. The monoisotopic (exact) mass is 291 g/mol. The predicted octanol–water partition coefficient (Wildman–Crippen LogP) is 2.68. The molecule has 0 aromatic heterocycles. The zero-order chi connectivity index (χ0) is 15.3. The number of anilines is 1. The van der Waals surface area contributed by atoms with Gasteiger partial charge in [0.1, 0.15) is 19.4 Å². The van der Waals surface area contributed by atoms with Crippen LogP contribution in [-0.2, 0) is 4.74 Å². The van der Waals surface area contributed by atoms with Crippen LogP contribution in [0.5, 0.6) is 5.75 Å². The van der Waals surface area contributed by atoms with Crippen LogP contribution in [0.2, 0.25) is 19.6 Å². The van der Waals surface area contributed by atoms with Crippen LogP contribution >= 0.6 is 0 Å². The van der Waals surface area contributed by atoms with Gasteiger partial charge in [-0.05, 0) is 13.0 Å². The van der Waals surface area contributed by atoms with Crippen LogP contribution in [0.3, 0.4) is 0 Å². The highest BCUT2D eigenvalue weighted by molar-refractivity contribution is 6.83. The first kappa shape index (κ1) is 16.1. The van der Waals surface area contributed by atoms with Gasteiger partial charge in [0.15, 0.2) is 0 Å². The minimum atomic E-state index is -1.51. The summed E-state index contributed by atoms with van der Waals surface area (Å²) in [6, 6.07) is 3.25. The Morgan fingerprint density at radius 1 is 1.35 bits per heavy atom. The minimum absolute atomic E-state index is 0.308. The lowest BCUT2D eigenvalue weighted by molar-refractivity contribution is 0.0522. The number of ether oxygens (including phenoxy) is 2. The number of hydrogen-bond donors (Lipinski definition) is 1. The summed E-state index contributed by atoms with van der Waals surface area (Å²) in [5.41, 5.74) is 10.7. The fourth-order valence-electron chi connectivity index (χ4n) is 1.50. The third-order valence-corrected chi connectivity index (χ3v) is 3.31.